The summed E-state index contributed by atoms with van der Waals surface area (Å²) in [5.41, 5.74) is 0. The second kappa shape index (κ2) is 12.8. The molecule has 0 saturated heterocycles. The van der Waals surface area contributed by atoms with Gasteiger partial charge in [-0.1, -0.05) is 0 Å². The van der Waals surface area contributed by atoms with Crippen molar-refractivity contribution in [3.05, 3.63) is 17.1 Å². The highest BCUT2D eigenvalue weighted by molar-refractivity contribution is 7.80. The van der Waals surface area contributed by atoms with Gasteiger partial charge in [-0.05, 0) is 17.6 Å². The molecule has 0 aliphatic carbocycles. The summed E-state index contributed by atoms with van der Waals surface area (Å²) in [6.45, 7) is 4.81. The SMILES string of the molecule is SCCOCCOCCOCCOCc1ccns1. The molecule has 0 saturated carbocycles. The number of nitrogens with zero attached hydrogens (tertiary/aromatic N) is 1. The third-order valence-corrected chi connectivity index (χ3v) is 2.99. The quantitative estimate of drug-likeness (QED) is 0.443. The largest absolute Gasteiger partial charge is 0.378 e. The first-order valence-electron chi connectivity index (χ1n) is 6.25. The number of rotatable bonds is 13. The van der Waals surface area contributed by atoms with E-state index < -0.39 is 0 Å². The average Bonchev–Trinajstić information content (AvgIpc) is 2.93. The monoisotopic (exact) mass is 307 g/mol. The Kier molecular flexibility index (Phi) is 11.4. The number of hydrogen-bond donors (Lipinski definition) is 1. The van der Waals surface area contributed by atoms with Crippen molar-refractivity contribution in [2.24, 2.45) is 0 Å². The van der Waals surface area contributed by atoms with Crippen LogP contribution in [0.15, 0.2) is 12.3 Å². The van der Waals surface area contributed by atoms with Gasteiger partial charge >= 0.3 is 0 Å². The van der Waals surface area contributed by atoms with Gasteiger partial charge in [-0.15, -0.1) is 0 Å². The van der Waals surface area contributed by atoms with E-state index in [0.29, 0.717) is 52.9 Å². The summed E-state index contributed by atoms with van der Waals surface area (Å²) in [5.74, 6) is 0.741. The van der Waals surface area contributed by atoms with Crippen LogP contribution in [0.3, 0.4) is 0 Å². The van der Waals surface area contributed by atoms with Gasteiger partial charge in [0.1, 0.15) is 0 Å². The van der Waals surface area contributed by atoms with E-state index in [9.17, 15) is 0 Å². The summed E-state index contributed by atoms with van der Waals surface area (Å²) >= 11 is 5.49. The summed E-state index contributed by atoms with van der Waals surface area (Å²) in [6.07, 6.45) is 1.77. The normalized spacial score (nSPS) is 11.0. The molecule has 0 aromatic carbocycles. The van der Waals surface area contributed by atoms with E-state index in [1.807, 2.05) is 6.07 Å². The Morgan fingerprint density at radius 2 is 1.47 bits per heavy atom. The molecule has 110 valence electrons. The van der Waals surface area contributed by atoms with Gasteiger partial charge in [0, 0.05) is 11.9 Å². The zero-order valence-electron chi connectivity index (χ0n) is 11.0. The minimum absolute atomic E-state index is 0.580. The molecule has 1 rings (SSSR count). The highest BCUT2D eigenvalue weighted by Gasteiger charge is 1.95. The first kappa shape index (κ1) is 16.9. The van der Waals surface area contributed by atoms with Crippen LogP contribution in [-0.2, 0) is 25.6 Å². The number of thiol groups is 1. The minimum Gasteiger partial charge on any atom is -0.378 e. The van der Waals surface area contributed by atoms with Gasteiger partial charge in [0.2, 0.25) is 0 Å². The molecule has 0 spiro atoms. The van der Waals surface area contributed by atoms with Crippen molar-refractivity contribution in [2.75, 3.05) is 52.0 Å². The fraction of sp³-hybridized carbons (Fsp3) is 0.750. The van der Waals surface area contributed by atoms with Crippen LogP contribution in [0.5, 0.6) is 0 Å². The highest BCUT2D eigenvalue weighted by Crippen LogP contribution is 2.05. The Hall–Kier alpha value is -0.180. The topological polar surface area (TPSA) is 49.8 Å². The maximum atomic E-state index is 5.43. The average molecular weight is 307 g/mol. The maximum absolute atomic E-state index is 5.43. The Morgan fingerprint density at radius 1 is 0.895 bits per heavy atom. The summed E-state index contributed by atoms with van der Waals surface area (Å²) in [6, 6.07) is 1.95. The molecule has 0 N–H and O–H groups in total. The van der Waals surface area contributed by atoms with Gasteiger partial charge in [-0.25, -0.2) is 4.37 Å². The van der Waals surface area contributed by atoms with E-state index in [1.165, 1.54) is 11.5 Å². The fourth-order valence-corrected chi connectivity index (χ4v) is 1.86. The Labute approximate surface area is 123 Å². The van der Waals surface area contributed by atoms with E-state index in [-0.39, 0.29) is 0 Å². The second-order valence-corrected chi connectivity index (χ2v) is 4.96. The van der Waals surface area contributed by atoms with E-state index in [1.54, 1.807) is 6.20 Å². The van der Waals surface area contributed by atoms with Gasteiger partial charge < -0.3 is 18.9 Å². The van der Waals surface area contributed by atoms with Crippen molar-refractivity contribution in [2.45, 2.75) is 6.61 Å². The van der Waals surface area contributed by atoms with Gasteiger partial charge in [-0.3, -0.25) is 0 Å². The molecule has 0 amide bonds. The molecular weight excluding hydrogens is 286 g/mol. The third-order valence-electron chi connectivity index (χ3n) is 2.09. The molecule has 19 heavy (non-hydrogen) atoms. The van der Waals surface area contributed by atoms with Crippen molar-refractivity contribution in [1.29, 1.82) is 0 Å². The fourth-order valence-electron chi connectivity index (χ4n) is 1.21. The van der Waals surface area contributed by atoms with Crippen molar-refractivity contribution in [3.8, 4) is 0 Å². The highest BCUT2D eigenvalue weighted by atomic mass is 32.1. The standard InChI is InChI=1S/C12H21NO4S2/c18-10-9-16-6-5-14-3-4-15-7-8-17-11-12-1-2-13-19-12/h1-2,18H,3-11H2. The predicted octanol–water partition coefficient (Wildman–Crippen LogP) is 1.64. The van der Waals surface area contributed by atoms with Gasteiger partial charge in [0.25, 0.3) is 0 Å². The van der Waals surface area contributed by atoms with E-state index in [4.69, 9.17) is 18.9 Å². The van der Waals surface area contributed by atoms with Crippen LogP contribution in [0.2, 0.25) is 0 Å². The first-order valence-corrected chi connectivity index (χ1v) is 7.65. The van der Waals surface area contributed by atoms with Gasteiger partial charge in [0.15, 0.2) is 0 Å². The number of ether oxygens (including phenoxy) is 4. The van der Waals surface area contributed by atoms with Crippen LogP contribution in [0.25, 0.3) is 0 Å². The van der Waals surface area contributed by atoms with Crippen molar-refractivity contribution >= 4 is 24.2 Å². The van der Waals surface area contributed by atoms with Crippen molar-refractivity contribution < 1.29 is 18.9 Å². The summed E-state index contributed by atoms with van der Waals surface area (Å²) in [4.78, 5) is 1.13. The van der Waals surface area contributed by atoms with Crippen LogP contribution in [0.4, 0.5) is 0 Å². The molecule has 0 aliphatic rings. The number of hydrogen-bond acceptors (Lipinski definition) is 7. The summed E-state index contributed by atoms with van der Waals surface area (Å²) in [5, 5.41) is 0. The Bertz CT molecular complexity index is 285. The zero-order valence-corrected chi connectivity index (χ0v) is 12.7. The van der Waals surface area contributed by atoms with Crippen LogP contribution in [-0.4, -0.2) is 56.4 Å². The lowest BCUT2D eigenvalue weighted by atomic mass is 10.5. The minimum atomic E-state index is 0.580. The molecule has 0 bridgehead atoms. The van der Waals surface area contributed by atoms with Crippen LogP contribution in [0.1, 0.15) is 4.88 Å². The Morgan fingerprint density at radius 3 is 2.00 bits per heavy atom. The molecule has 1 heterocycles. The van der Waals surface area contributed by atoms with Crippen molar-refractivity contribution in [3.63, 3.8) is 0 Å². The third kappa shape index (κ3) is 10.3. The van der Waals surface area contributed by atoms with E-state index in [2.05, 4.69) is 17.0 Å². The zero-order chi connectivity index (χ0) is 13.6. The maximum Gasteiger partial charge on any atom is 0.0826 e. The molecule has 0 unspecified atom stereocenters. The lowest BCUT2D eigenvalue weighted by Gasteiger charge is -2.06. The molecule has 0 aliphatic heterocycles. The molecule has 7 heteroatoms. The number of aromatic nitrogens is 1. The molecule has 5 nitrogen and oxygen atoms in total. The molecule has 0 atom stereocenters. The summed E-state index contributed by atoms with van der Waals surface area (Å²) < 4.78 is 25.3. The molecule has 0 fully saturated rings. The van der Waals surface area contributed by atoms with Crippen LogP contribution < -0.4 is 0 Å². The van der Waals surface area contributed by atoms with Gasteiger partial charge in [-0.2, -0.15) is 12.6 Å². The smallest absolute Gasteiger partial charge is 0.0826 e. The lowest BCUT2D eigenvalue weighted by Crippen LogP contribution is -2.12. The molecule has 0 radical (unpaired) electrons. The first-order chi connectivity index (χ1) is 9.43. The van der Waals surface area contributed by atoms with Crippen LogP contribution >= 0.6 is 24.2 Å². The van der Waals surface area contributed by atoms with E-state index in [0.717, 1.165) is 10.6 Å². The molecular formula is C12H21NO4S2. The predicted molar refractivity (Wildman–Crippen MR) is 78.1 cm³/mol. The van der Waals surface area contributed by atoms with Crippen LogP contribution in [0, 0.1) is 0 Å². The molecule has 1 aromatic rings. The van der Waals surface area contributed by atoms with Crippen molar-refractivity contribution in [1.82, 2.24) is 4.37 Å². The lowest BCUT2D eigenvalue weighted by molar-refractivity contribution is -0.00235. The summed E-state index contributed by atoms with van der Waals surface area (Å²) in [7, 11) is 0. The van der Waals surface area contributed by atoms with Gasteiger partial charge in [0.05, 0.1) is 57.7 Å². The van der Waals surface area contributed by atoms with E-state index >= 15 is 0 Å². The molecule has 1 aromatic heterocycles. The second-order valence-electron chi connectivity index (χ2n) is 3.59. The Balaban J connectivity index is 1.72.